The second-order valence-electron chi connectivity index (χ2n) is 3.58. The molecule has 0 bridgehead atoms. The molecule has 2 rings (SSSR count). The third-order valence-corrected chi connectivity index (χ3v) is 2.55. The molecule has 70 valence electrons. The molecule has 0 aromatic heterocycles. The highest BCUT2D eigenvalue weighted by Crippen LogP contribution is 2.42. The van der Waals surface area contributed by atoms with Gasteiger partial charge in [0.05, 0.1) is 6.10 Å². The second-order valence-corrected chi connectivity index (χ2v) is 3.58. The van der Waals surface area contributed by atoms with E-state index in [2.05, 4.69) is 6.92 Å². The summed E-state index contributed by atoms with van der Waals surface area (Å²) in [6.45, 7) is 3.75. The summed E-state index contributed by atoms with van der Waals surface area (Å²) in [4.78, 5) is 0. The van der Waals surface area contributed by atoms with Crippen LogP contribution in [0.4, 0.5) is 0 Å². The average Bonchev–Trinajstić information content (AvgIpc) is 2.39. The summed E-state index contributed by atoms with van der Waals surface area (Å²) in [5.74, 6) is -1.10. The first-order chi connectivity index (χ1) is 6.15. The van der Waals surface area contributed by atoms with E-state index >= 15 is 0 Å². The van der Waals surface area contributed by atoms with E-state index in [-0.39, 0.29) is 6.10 Å². The summed E-state index contributed by atoms with van der Waals surface area (Å²) >= 11 is 0. The lowest BCUT2D eigenvalue weighted by atomic mass is 10.00. The first-order valence-electron chi connectivity index (χ1n) is 4.64. The fraction of sp³-hybridized carbons (Fsp3) is 0.455. The molecule has 0 spiro atoms. The van der Waals surface area contributed by atoms with Crippen LogP contribution in [0.1, 0.15) is 37.5 Å². The molecular formula is C11H14O2. The zero-order valence-electron chi connectivity index (χ0n) is 7.95. The minimum atomic E-state index is -1.10. The van der Waals surface area contributed by atoms with E-state index in [4.69, 9.17) is 4.74 Å². The SMILES string of the molecule is CC[C@@H]1O[C@](C)(O)c2ccccc21. The van der Waals surface area contributed by atoms with Gasteiger partial charge in [-0.15, -0.1) is 0 Å². The number of fused-ring (bicyclic) bond motifs is 1. The normalized spacial score (nSPS) is 31.8. The number of benzene rings is 1. The molecule has 2 atom stereocenters. The summed E-state index contributed by atoms with van der Waals surface area (Å²) in [6.07, 6.45) is 0.943. The van der Waals surface area contributed by atoms with Gasteiger partial charge in [0.25, 0.3) is 0 Å². The van der Waals surface area contributed by atoms with Gasteiger partial charge in [0.15, 0.2) is 5.79 Å². The maximum Gasteiger partial charge on any atom is 0.190 e. The lowest BCUT2D eigenvalue weighted by Crippen LogP contribution is -2.19. The van der Waals surface area contributed by atoms with Crippen molar-refractivity contribution in [2.45, 2.75) is 32.2 Å². The molecule has 0 saturated carbocycles. The minimum absolute atomic E-state index is 0.0474. The fourth-order valence-electron chi connectivity index (χ4n) is 1.91. The number of ether oxygens (including phenoxy) is 1. The topological polar surface area (TPSA) is 29.5 Å². The summed E-state index contributed by atoms with van der Waals surface area (Å²) in [7, 11) is 0. The van der Waals surface area contributed by atoms with Crippen molar-refractivity contribution in [3.63, 3.8) is 0 Å². The molecule has 1 aromatic rings. The van der Waals surface area contributed by atoms with Crippen molar-refractivity contribution in [3.05, 3.63) is 35.4 Å². The van der Waals surface area contributed by atoms with Crippen LogP contribution in [0.5, 0.6) is 0 Å². The number of hydrogen-bond acceptors (Lipinski definition) is 2. The van der Waals surface area contributed by atoms with Gasteiger partial charge in [-0.2, -0.15) is 0 Å². The first kappa shape index (κ1) is 8.73. The average molecular weight is 178 g/mol. The Kier molecular flexibility index (Phi) is 1.90. The maximum atomic E-state index is 9.93. The van der Waals surface area contributed by atoms with Crippen molar-refractivity contribution in [3.8, 4) is 0 Å². The molecule has 1 aliphatic heterocycles. The van der Waals surface area contributed by atoms with Gasteiger partial charge < -0.3 is 9.84 Å². The lowest BCUT2D eigenvalue weighted by Gasteiger charge is -2.18. The summed E-state index contributed by atoms with van der Waals surface area (Å²) < 4.78 is 5.52. The third-order valence-electron chi connectivity index (χ3n) is 2.55. The van der Waals surface area contributed by atoms with Gasteiger partial charge in [0.1, 0.15) is 0 Å². The Morgan fingerprint density at radius 1 is 1.46 bits per heavy atom. The van der Waals surface area contributed by atoms with E-state index < -0.39 is 5.79 Å². The van der Waals surface area contributed by atoms with Crippen molar-refractivity contribution in [1.82, 2.24) is 0 Å². The van der Waals surface area contributed by atoms with E-state index in [1.807, 2.05) is 24.3 Å². The molecule has 0 fully saturated rings. The fourth-order valence-corrected chi connectivity index (χ4v) is 1.91. The van der Waals surface area contributed by atoms with Crippen LogP contribution in [-0.2, 0) is 10.5 Å². The van der Waals surface area contributed by atoms with Gasteiger partial charge in [-0.3, -0.25) is 0 Å². The van der Waals surface area contributed by atoms with Crippen LogP contribution in [-0.4, -0.2) is 5.11 Å². The quantitative estimate of drug-likeness (QED) is 0.715. The van der Waals surface area contributed by atoms with E-state index in [1.54, 1.807) is 6.92 Å². The zero-order valence-corrected chi connectivity index (χ0v) is 7.95. The molecule has 1 N–H and O–H groups in total. The Morgan fingerprint density at radius 3 is 2.85 bits per heavy atom. The molecule has 1 heterocycles. The van der Waals surface area contributed by atoms with Crippen molar-refractivity contribution >= 4 is 0 Å². The maximum absolute atomic E-state index is 9.93. The third kappa shape index (κ3) is 1.26. The Labute approximate surface area is 78.2 Å². The molecule has 0 aliphatic carbocycles. The highest BCUT2D eigenvalue weighted by atomic mass is 16.6. The number of rotatable bonds is 1. The summed E-state index contributed by atoms with van der Waals surface area (Å²) in [5.41, 5.74) is 2.02. The Bertz CT molecular complexity index is 318. The summed E-state index contributed by atoms with van der Waals surface area (Å²) in [6, 6.07) is 7.84. The van der Waals surface area contributed by atoms with Gasteiger partial charge in [0.2, 0.25) is 0 Å². The number of aliphatic hydroxyl groups is 1. The van der Waals surface area contributed by atoms with Crippen molar-refractivity contribution in [2.75, 3.05) is 0 Å². The van der Waals surface area contributed by atoms with Crippen LogP contribution in [0.15, 0.2) is 24.3 Å². The van der Waals surface area contributed by atoms with Gasteiger partial charge >= 0.3 is 0 Å². The molecule has 2 heteroatoms. The van der Waals surface area contributed by atoms with Gasteiger partial charge in [-0.1, -0.05) is 31.2 Å². The Balaban J connectivity index is 2.51. The van der Waals surface area contributed by atoms with Gasteiger partial charge in [0, 0.05) is 5.56 Å². The molecule has 1 aromatic carbocycles. The molecule has 2 nitrogen and oxygen atoms in total. The first-order valence-corrected chi connectivity index (χ1v) is 4.64. The van der Waals surface area contributed by atoms with Crippen LogP contribution in [0.3, 0.4) is 0 Å². The van der Waals surface area contributed by atoms with E-state index in [9.17, 15) is 5.11 Å². The summed E-state index contributed by atoms with van der Waals surface area (Å²) in [5, 5.41) is 9.93. The van der Waals surface area contributed by atoms with E-state index in [0.29, 0.717) is 0 Å². The molecule has 1 aliphatic rings. The molecule has 0 saturated heterocycles. The Hall–Kier alpha value is -0.860. The highest BCUT2D eigenvalue weighted by molar-refractivity contribution is 5.35. The van der Waals surface area contributed by atoms with Crippen molar-refractivity contribution in [1.29, 1.82) is 0 Å². The van der Waals surface area contributed by atoms with Crippen LogP contribution in [0.25, 0.3) is 0 Å². The minimum Gasteiger partial charge on any atom is -0.362 e. The van der Waals surface area contributed by atoms with Crippen LogP contribution in [0.2, 0.25) is 0 Å². The number of hydrogen-bond donors (Lipinski definition) is 1. The molecule has 0 radical (unpaired) electrons. The van der Waals surface area contributed by atoms with E-state index in [1.165, 1.54) is 0 Å². The van der Waals surface area contributed by atoms with Crippen LogP contribution < -0.4 is 0 Å². The van der Waals surface area contributed by atoms with Crippen molar-refractivity contribution in [2.24, 2.45) is 0 Å². The van der Waals surface area contributed by atoms with E-state index in [0.717, 1.165) is 17.5 Å². The van der Waals surface area contributed by atoms with Gasteiger partial charge in [-0.05, 0) is 18.9 Å². The van der Waals surface area contributed by atoms with Crippen LogP contribution >= 0.6 is 0 Å². The highest BCUT2D eigenvalue weighted by Gasteiger charge is 2.38. The molecule has 13 heavy (non-hydrogen) atoms. The predicted molar refractivity (Wildman–Crippen MR) is 50.1 cm³/mol. The zero-order chi connectivity index (χ0) is 9.47. The smallest absolute Gasteiger partial charge is 0.190 e. The monoisotopic (exact) mass is 178 g/mol. The Morgan fingerprint density at radius 2 is 2.15 bits per heavy atom. The van der Waals surface area contributed by atoms with Crippen molar-refractivity contribution < 1.29 is 9.84 Å². The van der Waals surface area contributed by atoms with Crippen LogP contribution in [0, 0.1) is 0 Å². The lowest BCUT2D eigenvalue weighted by molar-refractivity contribution is -0.210. The predicted octanol–water partition coefficient (Wildman–Crippen LogP) is 2.33. The van der Waals surface area contributed by atoms with Gasteiger partial charge in [-0.25, -0.2) is 0 Å². The largest absolute Gasteiger partial charge is 0.362 e. The molecular weight excluding hydrogens is 164 g/mol. The molecule has 0 amide bonds. The second kappa shape index (κ2) is 2.82. The molecule has 0 unspecified atom stereocenters. The standard InChI is InChI=1S/C11H14O2/c1-3-10-8-6-4-5-7-9(8)11(2,12)13-10/h4-7,10,12H,3H2,1-2H3/t10-,11-/m0/s1.